The van der Waals surface area contributed by atoms with Gasteiger partial charge in [-0.25, -0.2) is 0 Å². The van der Waals surface area contributed by atoms with Gasteiger partial charge in [0.1, 0.15) is 0 Å². The first-order chi connectivity index (χ1) is 11.9. The number of rotatable bonds is 0. The fourth-order valence-corrected chi connectivity index (χ4v) is 2.02. The molecule has 148 valence electrons. The van der Waals surface area contributed by atoms with Crippen molar-refractivity contribution in [1.82, 2.24) is 21.3 Å². The van der Waals surface area contributed by atoms with Gasteiger partial charge in [0.15, 0.2) is 0 Å². The van der Waals surface area contributed by atoms with E-state index in [2.05, 4.69) is 0 Å². The SMILES string of the molecule is CC1NC(=O)CCNC(=O)C(F)(F)[C@H](C)NC(=O)CCNC(=O)C1(F)F. The summed E-state index contributed by atoms with van der Waals surface area (Å²) in [6.07, 6.45) is -1.10. The van der Waals surface area contributed by atoms with Crippen molar-refractivity contribution in [2.75, 3.05) is 13.1 Å². The lowest BCUT2D eigenvalue weighted by Gasteiger charge is -2.25. The van der Waals surface area contributed by atoms with Gasteiger partial charge in [0, 0.05) is 25.9 Å². The van der Waals surface area contributed by atoms with Crippen molar-refractivity contribution in [3.63, 3.8) is 0 Å². The highest BCUT2D eigenvalue weighted by Crippen LogP contribution is 2.20. The number of nitrogens with one attached hydrogen (secondary N) is 4. The largest absolute Gasteiger partial charge is 0.350 e. The Bertz CT molecular complexity index is 535. The Morgan fingerprint density at radius 2 is 1.04 bits per heavy atom. The third-order valence-electron chi connectivity index (χ3n) is 3.72. The van der Waals surface area contributed by atoms with E-state index in [0.29, 0.717) is 0 Å². The summed E-state index contributed by atoms with van der Waals surface area (Å²) in [5.41, 5.74) is 0. The summed E-state index contributed by atoms with van der Waals surface area (Å²) in [6.45, 7) is 0.709. The van der Waals surface area contributed by atoms with E-state index in [-0.39, 0.29) is 0 Å². The molecule has 8 nitrogen and oxygen atoms in total. The zero-order valence-electron chi connectivity index (χ0n) is 14.1. The molecule has 0 aromatic rings. The average molecular weight is 384 g/mol. The minimum Gasteiger partial charge on any atom is -0.350 e. The molecule has 0 radical (unpaired) electrons. The quantitative estimate of drug-likeness (QED) is 0.413. The molecule has 1 aliphatic rings. The zero-order chi connectivity index (χ0) is 20.1. The second-order valence-corrected chi connectivity index (χ2v) is 5.84. The van der Waals surface area contributed by atoms with E-state index in [1.54, 1.807) is 10.6 Å². The summed E-state index contributed by atoms with van der Waals surface area (Å²) in [5.74, 6) is -13.2. The Labute approximate surface area is 146 Å². The van der Waals surface area contributed by atoms with Crippen molar-refractivity contribution in [3.8, 4) is 0 Å². The lowest BCUT2D eigenvalue weighted by molar-refractivity contribution is -0.151. The van der Waals surface area contributed by atoms with Crippen LogP contribution in [-0.2, 0) is 19.2 Å². The number of carbonyl (C=O) groups is 4. The van der Waals surface area contributed by atoms with Crippen molar-refractivity contribution in [2.24, 2.45) is 0 Å². The van der Waals surface area contributed by atoms with Crippen LogP contribution in [0.4, 0.5) is 17.6 Å². The van der Waals surface area contributed by atoms with E-state index in [1.165, 1.54) is 0 Å². The van der Waals surface area contributed by atoms with Crippen LogP contribution in [0.3, 0.4) is 0 Å². The highest BCUT2D eigenvalue weighted by molar-refractivity contribution is 5.88. The van der Waals surface area contributed by atoms with E-state index in [4.69, 9.17) is 0 Å². The summed E-state index contributed by atoms with van der Waals surface area (Å²) in [6, 6.07) is -3.76. The van der Waals surface area contributed by atoms with Crippen LogP contribution in [0, 0.1) is 0 Å². The van der Waals surface area contributed by atoms with Crippen LogP contribution in [-0.4, -0.2) is 60.6 Å². The molecule has 1 rings (SSSR count). The normalized spacial score (nSPS) is 28.4. The van der Waals surface area contributed by atoms with Crippen LogP contribution in [0.15, 0.2) is 0 Å². The van der Waals surface area contributed by atoms with E-state index >= 15 is 0 Å². The molecule has 1 saturated heterocycles. The second-order valence-electron chi connectivity index (χ2n) is 5.84. The maximum atomic E-state index is 13.9. The van der Waals surface area contributed by atoms with Crippen molar-refractivity contribution in [2.45, 2.75) is 50.6 Å². The molecule has 0 aromatic carbocycles. The fraction of sp³-hybridized carbons (Fsp3) is 0.714. The first-order valence-corrected chi connectivity index (χ1v) is 7.80. The second kappa shape index (κ2) is 8.32. The van der Waals surface area contributed by atoms with Gasteiger partial charge in [-0.15, -0.1) is 0 Å². The Morgan fingerprint density at radius 3 is 1.35 bits per heavy atom. The topological polar surface area (TPSA) is 116 Å². The Hall–Kier alpha value is -2.40. The fourth-order valence-electron chi connectivity index (χ4n) is 2.02. The highest BCUT2D eigenvalue weighted by atomic mass is 19.3. The van der Waals surface area contributed by atoms with Crippen LogP contribution in [0.5, 0.6) is 0 Å². The van der Waals surface area contributed by atoms with Crippen molar-refractivity contribution in [3.05, 3.63) is 0 Å². The zero-order valence-corrected chi connectivity index (χ0v) is 14.1. The van der Waals surface area contributed by atoms with Crippen LogP contribution >= 0.6 is 0 Å². The maximum absolute atomic E-state index is 13.9. The number of halogens is 4. The first-order valence-electron chi connectivity index (χ1n) is 7.80. The molecule has 0 bridgehead atoms. The highest BCUT2D eigenvalue weighted by Gasteiger charge is 2.47. The molecule has 4 amide bonds. The number of carbonyl (C=O) groups excluding carboxylic acids is 4. The predicted molar refractivity (Wildman–Crippen MR) is 80.4 cm³/mol. The Balaban J connectivity index is 2.93. The summed E-state index contributed by atoms with van der Waals surface area (Å²) >= 11 is 0. The van der Waals surface area contributed by atoms with Gasteiger partial charge in [-0.05, 0) is 13.8 Å². The maximum Gasteiger partial charge on any atom is 0.343 e. The van der Waals surface area contributed by atoms with Crippen molar-refractivity contribution >= 4 is 23.6 Å². The van der Waals surface area contributed by atoms with Gasteiger partial charge in [0.25, 0.3) is 11.8 Å². The molecule has 0 spiro atoms. The van der Waals surface area contributed by atoms with Gasteiger partial charge in [0.2, 0.25) is 11.8 Å². The molecule has 0 aromatic heterocycles. The molecule has 1 aliphatic heterocycles. The van der Waals surface area contributed by atoms with Crippen LogP contribution in [0.25, 0.3) is 0 Å². The lowest BCUT2D eigenvalue weighted by Crippen LogP contribution is -2.56. The van der Waals surface area contributed by atoms with Gasteiger partial charge < -0.3 is 21.3 Å². The predicted octanol–water partition coefficient (Wildman–Crippen LogP) is -0.707. The molecular formula is C14H20F4N4O4. The van der Waals surface area contributed by atoms with Crippen LogP contribution in [0.2, 0.25) is 0 Å². The first kappa shape index (κ1) is 21.6. The standard InChI is InChI=1S/C14H20F4N4O4/c1-7-13(15,16)11(25)19-6-4-10(24)22-8(2)14(17,18)12(26)20-5-3-9(23)21-7/h7-8H,3-6H2,1-2H3,(H,19,25)(H,20,26)(H,21,23)(H,22,24)/t7-,8?/m0/s1. The molecule has 1 heterocycles. The molecule has 2 atom stereocenters. The van der Waals surface area contributed by atoms with Crippen molar-refractivity contribution in [1.29, 1.82) is 0 Å². The Kier molecular flexibility index (Phi) is 6.93. The minimum atomic E-state index is -3.95. The summed E-state index contributed by atoms with van der Waals surface area (Å²) in [4.78, 5) is 46.3. The molecule has 12 heteroatoms. The third kappa shape index (κ3) is 5.30. The number of alkyl halides is 4. The smallest absolute Gasteiger partial charge is 0.343 e. The monoisotopic (exact) mass is 384 g/mol. The van der Waals surface area contributed by atoms with Gasteiger partial charge in [0.05, 0.1) is 12.1 Å². The number of amides is 4. The Morgan fingerprint density at radius 1 is 0.731 bits per heavy atom. The lowest BCUT2D eigenvalue weighted by atomic mass is 10.1. The number of hydrogen-bond acceptors (Lipinski definition) is 4. The summed E-state index contributed by atoms with van der Waals surface area (Å²) in [5, 5.41) is 7.35. The van der Waals surface area contributed by atoms with E-state index < -0.39 is 73.5 Å². The van der Waals surface area contributed by atoms with Gasteiger partial charge >= 0.3 is 11.8 Å². The molecule has 1 fully saturated rings. The van der Waals surface area contributed by atoms with Crippen LogP contribution < -0.4 is 21.3 Å². The van der Waals surface area contributed by atoms with Gasteiger partial charge in [-0.2, -0.15) is 17.6 Å². The third-order valence-corrected chi connectivity index (χ3v) is 3.72. The summed E-state index contributed by atoms with van der Waals surface area (Å²) < 4.78 is 55.6. The number of hydrogen-bond donors (Lipinski definition) is 4. The van der Waals surface area contributed by atoms with Gasteiger partial charge in [-0.3, -0.25) is 19.2 Å². The average Bonchev–Trinajstić information content (AvgIpc) is 2.53. The molecular weight excluding hydrogens is 364 g/mol. The van der Waals surface area contributed by atoms with Crippen LogP contribution in [0.1, 0.15) is 26.7 Å². The van der Waals surface area contributed by atoms with E-state index in [0.717, 1.165) is 13.8 Å². The van der Waals surface area contributed by atoms with Crippen molar-refractivity contribution < 1.29 is 36.7 Å². The molecule has 0 aliphatic carbocycles. The van der Waals surface area contributed by atoms with E-state index in [1.807, 2.05) is 10.6 Å². The van der Waals surface area contributed by atoms with Gasteiger partial charge in [-0.1, -0.05) is 0 Å². The molecule has 26 heavy (non-hydrogen) atoms. The minimum absolute atomic E-state index is 0.536. The molecule has 0 saturated carbocycles. The molecule has 1 unspecified atom stereocenters. The van der Waals surface area contributed by atoms with E-state index in [9.17, 15) is 36.7 Å². The molecule has 4 N–H and O–H groups in total. The summed E-state index contributed by atoms with van der Waals surface area (Å²) in [7, 11) is 0.